The Morgan fingerprint density at radius 2 is 2.00 bits per heavy atom. The molecule has 1 aromatic rings. The number of phenolic OH excluding ortho intramolecular Hbond substituents is 1. The lowest BCUT2D eigenvalue weighted by molar-refractivity contribution is 0.0836. The highest BCUT2D eigenvalue weighted by Crippen LogP contribution is 2.35. The van der Waals surface area contributed by atoms with E-state index >= 15 is 0 Å². The Hall–Kier alpha value is -1.26. The summed E-state index contributed by atoms with van der Waals surface area (Å²) in [6.45, 7) is 0. The van der Waals surface area contributed by atoms with Gasteiger partial charge in [-0.1, -0.05) is 12.8 Å². The molecule has 1 aliphatic rings. The second-order valence-corrected chi connectivity index (χ2v) is 4.99. The van der Waals surface area contributed by atoms with Crippen LogP contribution in [0.1, 0.15) is 37.3 Å². The fraction of sp³-hybridized carbons (Fsp3) is 0.571. The Balaban J connectivity index is 2.14. The maximum Gasteiger partial charge on any atom is 0.124 e. The van der Waals surface area contributed by atoms with Crippen LogP contribution in [0.3, 0.4) is 0 Å². The number of aliphatic hydroxyl groups is 1. The molecular formula is C14H21NO3. The topological polar surface area (TPSA) is 75.7 Å². The van der Waals surface area contributed by atoms with Gasteiger partial charge in [0.15, 0.2) is 0 Å². The third-order valence-electron chi connectivity index (χ3n) is 3.85. The molecule has 100 valence electrons. The lowest BCUT2D eigenvalue weighted by Crippen LogP contribution is -2.31. The van der Waals surface area contributed by atoms with Gasteiger partial charge >= 0.3 is 0 Å². The molecule has 0 spiro atoms. The molecule has 1 aromatic carbocycles. The molecule has 0 aliphatic heterocycles. The number of rotatable bonds is 4. The van der Waals surface area contributed by atoms with Gasteiger partial charge in [-0.2, -0.15) is 0 Å². The molecule has 0 aromatic heterocycles. The van der Waals surface area contributed by atoms with Crippen LogP contribution < -0.4 is 10.5 Å². The largest absolute Gasteiger partial charge is 0.507 e. The van der Waals surface area contributed by atoms with E-state index in [1.165, 1.54) is 6.07 Å². The molecule has 0 radical (unpaired) electrons. The van der Waals surface area contributed by atoms with E-state index in [1.54, 1.807) is 19.2 Å². The first-order chi connectivity index (χ1) is 8.63. The number of aromatic hydroxyl groups is 1. The summed E-state index contributed by atoms with van der Waals surface area (Å²) in [7, 11) is 1.54. The molecule has 0 unspecified atom stereocenters. The van der Waals surface area contributed by atoms with Gasteiger partial charge in [-0.15, -0.1) is 0 Å². The molecule has 0 bridgehead atoms. The van der Waals surface area contributed by atoms with Crippen molar-refractivity contribution in [1.82, 2.24) is 0 Å². The fourth-order valence-corrected chi connectivity index (χ4v) is 2.71. The van der Waals surface area contributed by atoms with E-state index in [-0.39, 0.29) is 11.7 Å². The predicted octanol–water partition coefficient (Wildman–Crippen LogP) is 1.95. The standard InChI is InChI=1S/C14H21NO3/c1-18-10-6-7-11(12(16)8-10)13(15)14(17)9-4-2-3-5-9/h6-9,13-14,16-17H,2-5,15H2,1H3/t13-,14+/m1/s1. The minimum absolute atomic E-state index is 0.0823. The van der Waals surface area contributed by atoms with E-state index in [1.807, 2.05) is 0 Å². The van der Waals surface area contributed by atoms with Gasteiger partial charge in [0.25, 0.3) is 0 Å². The zero-order chi connectivity index (χ0) is 13.1. The number of methoxy groups -OCH3 is 1. The lowest BCUT2D eigenvalue weighted by Gasteiger charge is -2.25. The van der Waals surface area contributed by atoms with Gasteiger partial charge in [0.2, 0.25) is 0 Å². The smallest absolute Gasteiger partial charge is 0.124 e. The first-order valence-electron chi connectivity index (χ1n) is 6.44. The molecular weight excluding hydrogens is 230 g/mol. The van der Waals surface area contributed by atoms with Crippen molar-refractivity contribution >= 4 is 0 Å². The van der Waals surface area contributed by atoms with Crippen LogP contribution in [-0.4, -0.2) is 23.4 Å². The van der Waals surface area contributed by atoms with Crippen molar-refractivity contribution in [3.63, 3.8) is 0 Å². The minimum Gasteiger partial charge on any atom is -0.507 e. The first-order valence-corrected chi connectivity index (χ1v) is 6.44. The van der Waals surface area contributed by atoms with Crippen molar-refractivity contribution in [3.05, 3.63) is 23.8 Å². The summed E-state index contributed by atoms with van der Waals surface area (Å²) < 4.78 is 5.03. The van der Waals surface area contributed by atoms with Crippen LogP contribution in [0.2, 0.25) is 0 Å². The number of benzene rings is 1. The number of aliphatic hydroxyl groups excluding tert-OH is 1. The van der Waals surface area contributed by atoms with E-state index in [0.717, 1.165) is 25.7 Å². The highest BCUT2D eigenvalue weighted by atomic mass is 16.5. The number of ether oxygens (including phenoxy) is 1. The van der Waals surface area contributed by atoms with E-state index in [2.05, 4.69) is 0 Å². The molecule has 18 heavy (non-hydrogen) atoms. The average Bonchev–Trinajstić information content (AvgIpc) is 2.90. The quantitative estimate of drug-likeness (QED) is 0.764. The van der Waals surface area contributed by atoms with Gasteiger partial charge in [0.1, 0.15) is 11.5 Å². The van der Waals surface area contributed by atoms with Gasteiger partial charge in [0, 0.05) is 11.6 Å². The fourth-order valence-electron chi connectivity index (χ4n) is 2.71. The van der Waals surface area contributed by atoms with E-state index in [9.17, 15) is 10.2 Å². The summed E-state index contributed by atoms with van der Waals surface area (Å²) in [6, 6.07) is 4.45. The van der Waals surface area contributed by atoms with Crippen LogP contribution in [0, 0.1) is 5.92 Å². The molecule has 1 aliphatic carbocycles. The second kappa shape index (κ2) is 5.59. The zero-order valence-electron chi connectivity index (χ0n) is 10.7. The Labute approximate surface area is 107 Å². The lowest BCUT2D eigenvalue weighted by atomic mass is 9.90. The summed E-state index contributed by atoms with van der Waals surface area (Å²) in [5.74, 6) is 0.916. The van der Waals surface area contributed by atoms with Crippen LogP contribution in [-0.2, 0) is 0 Å². The highest BCUT2D eigenvalue weighted by Gasteiger charge is 2.29. The maximum absolute atomic E-state index is 10.3. The summed E-state index contributed by atoms with van der Waals surface area (Å²) in [4.78, 5) is 0. The Morgan fingerprint density at radius 3 is 2.56 bits per heavy atom. The van der Waals surface area contributed by atoms with Crippen LogP contribution >= 0.6 is 0 Å². The Kier molecular flexibility index (Phi) is 4.09. The van der Waals surface area contributed by atoms with Gasteiger partial charge in [-0.3, -0.25) is 0 Å². The van der Waals surface area contributed by atoms with Crippen molar-refractivity contribution in [2.75, 3.05) is 7.11 Å². The molecule has 4 heteroatoms. The van der Waals surface area contributed by atoms with Crippen molar-refractivity contribution in [2.45, 2.75) is 37.8 Å². The van der Waals surface area contributed by atoms with E-state index < -0.39 is 12.1 Å². The molecule has 2 atom stereocenters. The second-order valence-electron chi connectivity index (χ2n) is 4.99. The van der Waals surface area contributed by atoms with Gasteiger partial charge in [-0.05, 0) is 30.9 Å². The van der Waals surface area contributed by atoms with E-state index in [4.69, 9.17) is 10.5 Å². The molecule has 1 saturated carbocycles. The minimum atomic E-state index is -0.591. The molecule has 4 nitrogen and oxygen atoms in total. The van der Waals surface area contributed by atoms with Gasteiger partial charge in [0.05, 0.1) is 19.3 Å². The summed E-state index contributed by atoms with van der Waals surface area (Å²) in [5, 5.41) is 20.2. The molecule has 4 N–H and O–H groups in total. The third kappa shape index (κ3) is 2.60. The zero-order valence-corrected chi connectivity index (χ0v) is 10.7. The first kappa shape index (κ1) is 13.2. The predicted molar refractivity (Wildman–Crippen MR) is 69.6 cm³/mol. The Morgan fingerprint density at radius 1 is 1.33 bits per heavy atom. The SMILES string of the molecule is COc1ccc([C@@H](N)[C@@H](O)C2CCCC2)c(O)c1. The van der Waals surface area contributed by atoms with Crippen molar-refractivity contribution < 1.29 is 14.9 Å². The normalized spacial score (nSPS) is 19.7. The maximum atomic E-state index is 10.3. The summed E-state index contributed by atoms with van der Waals surface area (Å²) >= 11 is 0. The summed E-state index contributed by atoms with van der Waals surface area (Å²) in [5.41, 5.74) is 6.64. The summed E-state index contributed by atoms with van der Waals surface area (Å²) in [6.07, 6.45) is 3.76. The number of hydrogen-bond donors (Lipinski definition) is 3. The van der Waals surface area contributed by atoms with Gasteiger partial charge in [-0.25, -0.2) is 0 Å². The third-order valence-corrected chi connectivity index (χ3v) is 3.85. The van der Waals surface area contributed by atoms with Crippen LogP contribution in [0.5, 0.6) is 11.5 Å². The highest BCUT2D eigenvalue weighted by molar-refractivity contribution is 5.41. The number of nitrogens with two attached hydrogens (primary N) is 1. The van der Waals surface area contributed by atoms with E-state index in [0.29, 0.717) is 11.3 Å². The van der Waals surface area contributed by atoms with Crippen molar-refractivity contribution in [1.29, 1.82) is 0 Å². The number of phenols is 1. The van der Waals surface area contributed by atoms with Crippen LogP contribution in [0.25, 0.3) is 0 Å². The molecule has 1 fully saturated rings. The number of hydrogen-bond acceptors (Lipinski definition) is 4. The Bertz CT molecular complexity index is 402. The van der Waals surface area contributed by atoms with Gasteiger partial charge < -0.3 is 20.7 Å². The molecule has 2 rings (SSSR count). The monoisotopic (exact) mass is 251 g/mol. The molecule has 0 heterocycles. The van der Waals surface area contributed by atoms with Crippen molar-refractivity contribution in [2.24, 2.45) is 11.7 Å². The average molecular weight is 251 g/mol. The molecule has 0 amide bonds. The van der Waals surface area contributed by atoms with Crippen LogP contribution in [0.15, 0.2) is 18.2 Å². The molecule has 0 saturated heterocycles. The van der Waals surface area contributed by atoms with Crippen molar-refractivity contribution in [3.8, 4) is 11.5 Å². The van der Waals surface area contributed by atoms with Crippen LogP contribution in [0.4, 0.5) is 0 Å².